The van der Waals surface area contributed by atoms with E-state index in [0.717, 1.165) is 13.1 Å². The van der Waals surface area contributed by atoms with Crippen molar-refractivity contribution in [1.29, 1.82) is 0 Å². The van der Waals surface area contributed by atoms with Crippen LogP contribution in [0.3, 0.4) is 0 Å². The lowest BCUT2D eigenvalue weighted by Crippen LogP contribution is -2.55. The van der Waals surface area contributed by atoms with Crippen LogP contribution in [0.25, 0.3) is 0 Å². The lowest BCUT2D eigenvalue weighted by atomic mass is 10.1. The minimum atomic E-state index is -0.492. The molecule has 0 aliphatic carbocycles. The van der Waals surface area contributed by atoms with E-state index >= 15 is 0 Å². The molecule has 1 aromatic heterocycles. The van der Waals surface area contributed by atoms with Gasteiger partial charge in [0, 0.05) is 25.2 Å². The van der Waals surface area contributed by atoms with E-state index in [1.54, 1.807) is 12.3 Å². The highest BCUT2D eigenvalue weighted by Crippen LogP contribution is 2.24. The van der Waals surface area contributed by atoms with Gasteiger partial charge in [-0.2, -0.15) is 0 Å². The zero-order valence-electron chi connectivity index (χ0n) is 11.6. The van der Waals surface area contributed by atoms with Crippen LogP contribution >= 0.6 is 0 Å². The number of likely N-dealkylation sites (N-methyl/N-ethyl adjacent to an activating group) is 1. The third-order valence-corrected chi connectivity index (χ3v) is 3.81. The van der Waals surface area contributed by atoms with Gasteiger partial charge in [-0.25, -0.2) is 4.98 Å². The maximum absolute atomic E-state index is 11.5. The monoisotopic (exact) mass is 263 g/mol. The number of carbonyl (C=O) groups is 1. The molecule has 2 unspecified atom stereocenters. The number of hydrogen-bond acceptors (Lipinski definition) is 5. The highest BCUT2D eigenvalue weighted by molar-refractivity contribution is 5.98. The van der Waals surface area contributed by atoms with Crippen LogP contribution in [-0.4, -0.2) is 48.0 Å². The first-order valence-electron chi connectivity index (χ1n) is 6.42. The topological polar surface area (TPSA) is 88.5 Å². The molecular formula is C13H21N5O. The van der Waals surface area contributed by atoms with Crippen molar-refractivity contribution >= 4 is 17.4 Å². The van der Waals surface area contributed by atoms with Crippen LogP contribution in [0.4, 0.5) is 11.5 Å². The van der Waals surface area contributed by atoms with Crippen molar-refractivity contribution in [3.63, 3.8) is 0 Å². The van der Waals surface area contributed by atoms with Crippen LogP contribution < -0.4 is 16.4 Å². The molecule has 2 atom stereocenters. The van der Waals surface area contributed by atoms with E-state index in [1.807, 2.05) is 0 Å². The van der Waals surface area contributed by atoms with Crippen molar-refractivity contribution in [3.05, 3.63) is 17.8 Å². The number of rotatable bonds is 2. The SMILES string of the molecule is CC1CN(c2ncc(N)cc2C(N)=O)CC(C)N1C. The number of hydrogen-bond donors (Lipinski definition) is 2. The van der Waals surface area contributed by atoms with E-state index < -0.39 is 5.91 Å². The minimum Gasteiger partial charge on any atom is -0.397 e. The van der Waals surface area contributed by atoms with Gasteiger partial charge >= 0.3 is 0 Å². The Hall–Kier alpha value is -1.82. The number of nitrogen functional groups attached to an aromatic ring is 1. The van der Waals surface area contributed by atoms with E-state index in [1.165, 1.54) is 0 Å². The predicted molar refractivity (Wildman–Crippen MR) is 76.1 cm³/mol. The Morgan fingerprint density at radius 2 is 1.95 bits per heavy atom. The number of nitrogens with zero attached hydrogens (tertiary/aromatic N) is 3. The molecule has 0 spiro atoms. The van der Waals surface area contributed by atoms with Gasteiger partial charge in [-0.15, -0.1) is 0 Å². The molecule has 0 saturated carbocycles. The second-order valence-corrected chi connectivity index (χ2v) is 5.27. The molecule has 1 saturated heterocycles. The number of pyridine rings is 1. The molecule has 4 N–H and O–H groups in total. The van der Waals surface area contributed by atoms with Crippen LogP contribution in [0, 0.1) is 0 Å². The zero-order chi connectivity index (χ0) is 14.2. The van der Waals surface area contributed by atoms with Gasteiger partial charge in [-0.3, -0.25) is 9.69 Å². The highest BCUT2D eigenvalue weighted by atomic mass is 16.1. The van der Waals surface area contributed by atoms with E-state index in [0.29, 0.717) is 29.2 Å². The maximum Gasteiger partial charge on any atom is 0.252 e. The summed E-state index contributed by atoms with van der Waals surface area (Å²) in [6.07, 6.45) is 1.56. The smallest absolute Gasteiger partial charge is 0.252 e. The normalized spacial score (nSPS) is 24.5. The van der Waals surface area contributed by atoms with Gasteiger partial charge in [0.15, 0.2) is 0 Å². The average molecular weight is 263 g/mol. The number of nitrogens with two attached hydrogens (primary N) is 2. The predicted octanol–water partition coefficient (Wildman–Crippen LogP) is 0.292. The Kier molecular flexibility index (Phi) is 3.61. The average Bonchev–Trinajstić information content (AvgIpc) is 2.35. The molecule has 104 valence electrons. The van der Waals surface area contributed by atoms with Crippen molar-refractivity contribution < 1.29 is 4.79 Å². The Morgan fingerprint density at radius 1 is 1.37 bits per heavy atom. The Balaban J connectivity index is 2.34. The number of carbonyl (C=O) groups excluding carboxylic acids is 1. The molecule has 0 bridgehead atoms. The summed E-state index contributed by atoms with van der Waals surface area (Å²) in [6, 6.07) is 2.38. The third-order valence-electron chi connectivity index (χ3n) is 3.81. The summed E-state index contributed by atoms with van der Waals surface area (Å²) in [6.45, 7) is 5.95. The molecule has 2 heterocycles. The summed E-state index contributed by atoms with van der Waals surface area (Å²) in [7, 11) is 2.11. The van der Waals surface area contributed by atoms with Gasteiger partial charge in [0.25, 0.3) is 5.91 Å². The van der Waals surface area contributed by atoms with E-state index in [2.05, 4.69) is 35.7 Å². The van der Waals surface area contributed by atoms with Crippen molar-refractivity contribution in [2.75, 3.05) is 30.8 Å². The molecule has 1 aliphatic heterocycles. The number of anilines is 2. The van der Waals surface area contributed by atoms with Crippen molar-refractivity contribution in [1.82, 2.24) is 9.88 Å². The van der Waals surface area contributed by atoms with E-state index in [4.69, 9.17) is 11.5 Å². The molecule has 6 heteroatoms. The molecule has 6 nitrogen and oxygen atoms in total. The van der Waals surface area contributed by atoms with E-state index in [9.17, 15) is 4.79 Å². The molecule has 1 aromatic rings. The van der Waals surface area contributed by atoms with Crippen molar-refractivity contribution in [3.8, 4) is 0 Å². The van der Waals surface area contributed by atoms with Crippen LogP contribution in [0.1, 0.15) is 24.2 Å². The Morgan fingerprint density at radius 3 is 2.47 bits per heavy atom. The molecule has 0 radical (unpaired) electrons. The van der Waals surface area contributed by atoms with Gasteiger partial charge in [0.05, 0.1) is 17.4 Å². The third kappa shape index (κ3) is 2.63. The van der Waals surface area contributed by atoms with Crippen molar-refractivity contribution in [2.24, 2.45) is 5.73 Å². The van der Waals surface area contributed by atoms with Crippen LogP contribution in [0.2, 0.25) is 0 Å². The Bertz CT molecular complexity index is 478. The summed E-state index contributed by atoms with van der Waals surface area (Å²) >= 11 is 0. The summed E-state index contributed by atoms with van der Waals surface area (Å²) in [4.78, 5) is 20.3. The fourth-order valence-electron chi connectivity index (χ4n) is 2.48. The minimum absolute atomic E-state index is 0.392. The largest absolute Gasteiger partial charge is 0.397 e. The zero-order valence-corrected chi connectivity index (χ0v) is 11.6. The van der Waals surface area contributed by atoms with Crippen LogP contribution in [0.5, 0.6) is 0 Å². The maximum atomic E-state index is 11.5. The first-order chi connectivity index (χ1) is 8.90. The van der Waals surface area contributed by atoms with Gasteiger partial charge in [-0.1, -0.05) is 0 Å². The van der Waals surface area contributed by atoms with Gasteiger partial charge in [0.1, 0.15) is 5.82 Å². The molecular weight excluding hydrogens is 242 g/mol. The van der Waals surface area contributed by atoms with E-state index in [-0.39, 0.29) is 0 Å². The highest BCUT2D eigenvalue weighted by Gasteiger charge is 2.29. The summed E-state index contributed by atoms with van der Waals surface area (Å²) in [5.74, 6) is 0.141. The molecule has 1 amide bonds. The second-order valence-electron chi connectivity index (χ2n) is 5.27. The lowest BCUT2D eigenvalue weighted by Gasteiger charge is -2.43. The first-order valence-corrected chi connectivity index (χ1v) is 6.42. The summed E-state index contributed by atoms with van der Waals surface area (Å²) in [5.41, 5.74) is 11.9. The Labute approximate surface area is 113 Å². The quantitative estimate of drug-likeness (QED) is 0.800. The fraction of sp³-hybridized carbons (Fsp3) is 0.538. The van der Waals surface area contributed by atoms with Gasteiger partial charge < -0.3 is 16.4 Å². The van der Waals surface area contributed by atoms with Crippen LogP contribution in [-0.2, 0) is 0 Å². The number of aromatic nitrogens is 1. The first kappa shape index (κ1) is 13.6. The molecule has 1 aliphatic rings. The second kappa shape index (κ2) is 5.05. The number of piperazine rings is 1. The summed E-state index contributed by atoms with van der Waals surface area (Å²) in [5, 5.41) is 0. The molecule has 2 rings (SSSR count). The lowest BCUT2D eigenvalue weighted by molar-refractivity contribution is 0.0999. The van der Waals surface area contributed by atoms with Gasteiger partial charge in [0.2, 0.25) is 0 Å². The van der Waals surface area contributed by atoms with Gasteiger partial charge in [-0.05, 0) is 27.0 Å². The fourth-order valence-corrected chi connectivity index (χ4v) is 2.48. The summed E-state index contributed by atoms with van der Waals surface area (Å²) < 4.78 is 0. The molecule has 0 aromatic carbocycles. The number of amides is 1. The van der Waals surface area contributed by atoms with Crippen molar-refractivity contribution in [2.45, 2.75) is 25.9 Å². The molecule has 19 heavy (non-hydrogen) atoms. The number of primary amides is 1. The molecule has 1 fully saturated rings. The standard InChI is InChI=1S/C13H21N5O/c1-8-6-18(7-9(2)17(8)3)13-11(12(15)19)4-10(14)5-16-13/h4-5,8-9H,6-7,14H2,1-3H3,(H2,15,19). The van der Waals surface area contributed by atoms with Crippen LogP contribution in [0.15, 0.2) is 12.3 Å².